The summed E-state index contributed by atoms with van der Waals surface area (Å²) in [6.45, 7) is 5.99. The van der Waals surface area contributed by atoms with E-state index in [1.807, 2.05) is 13.8 Å². The van der Waals surface area contributed by atoms with Crippen LogP contribution in [-0.4, -0.2) is 12.8 Å². The number of anilines is 2. The van der Waals surface area contributed by atoms with Crippen LogP contribution in [0.25, 0.3) is 0 Å². The van der Waals surface area contributed by atoms with E-state index in [4.69, 9.17) is 20.9 Å². The molecule has 94 valence electrons. The van der Waals surface area contributed by atoms with Crippen LogP contribution in [0.15, 0.2) is 12.1 Å². The largest absolute Gasteiger partial charge is 0.513 e. The van der Waals surface area contributed by atoms with Gasteiger partial charge < -0.3 is 20.9 Å². The molecule has 1 rings (SSSR count). The Kier molecular flexibility index (Phi) is 4.20. The smallest absolute Gasteiger partial charge is 0.434 e. The van der Waals surface area contributed by atoms with Gasteiger partial charge in [0.1, 0.15) is 5.75 Å². The van der Waals surface area contributed by atoms with Gasteiger partial charge in [0.05, 0.1) is 6.61 Å². The highest BCUT2D eigenvalue weighted by Gasteiger charge is 2.09. The van der Waals surface area contributed by atoms with E-state index in [0.29, 0.717) is 23.7 Å². The zero-order chi connectivity index (χ0) is 13.0. The summed E-state index contributed by atoms with van der Waals surface area (Å²) in [7, 11) is 0. The predicted octanol–water partition coefficient (Wildman–Crippen LogP) is 2.33. The Balaban J connectivity index is 2.66. The number of carbonyl (C=O) groups is 1. The third kappa shape index (κ3) is 3.86. The molecule has 0 heterocycles. The van der Waals surface area contributed by atoms with Gasteiger partial charge in [-0.05, 0) is 18.4 Å². The molecule has 1 aromatic carbocycles. The topological polar surface area (TPSA) is 87.6 Å². The van der Waals surface area contributed by atoms with Crippen LogP contribution in [0.2, 0.25) is 0 Å². The van der Waals surface area contributed by atoms with Gasteiger partial charge in [-0.25, -0.2) is 4.79 Å². The quantitative estimate of drug-likeness (QED) is 0.479. The summed E-state index contributed by atoms with van der Waals surface area (Å²) < 4.78 is 9.83. The summed E-state index contributed by atoms with van der Waals surface area (Å²) in [6.07, 6.45) is -0.749. The van der Waals surface area contributed by atoms with Gasteiger partial charge in [-0.3, -0.25) is 0 Å². The van der Waals surface area contributed by atoms with Gasteiger partial charge >= 0.3 is 6.16 Å². The Labute approximate surface area is 101 Å². The van der Waals surface area contributed by atoms with Crippen molar-refractivity contribution in [1.29, 1.82) is 0 Å². The summed E-state index contributed by atoms with van der Waals surface area (Å²) >= 11 is 0. The summed E-state index contributed by atoms with van der Waals surface area (Å²) in [5.41, 5.74) is 13.2. The number of benzene rings is 1. The lowest BCUT2D eigenvalue weighted by molar-refractivity contribution is 0.0886. The lowest BCUT2D eigenvalue weighted by Crippen LogP contribution is -2.14. The van der Waals surface area contributed by atoms with Gasteiger partial charge in [-0.2, -0.15) is 0 Å². The Morgan fingerprint density at radius 3 is 2.29 bits per heavy atom. The average molecular weight is 238 g/mol. The molecule has 0 aliphatic heterocycles. The van der Waals surface area contributed by atoms with Crippen molar-refractivity contribution in [2.24, 2.45) is 5.92 Å². The lowest BCUT2D eigenvalue weighted by atomic mass is 10.1. The molecular weight excluding hydrogens is 220 g/mol. The molecule has 0 amide bonds. The number of rotatable bonds is 3. The predicted molar refractivity (Wildman–Crippen MR) is 66.8 cm³/mol. The van der Waals surface area contributed by atoms with E-state index < -0.39 is 6.16 Å². The Hall–Kier alpha value is -1.91. The molecule has 0 saturated carbocycles. The number of hydrogen-bond donors (Lipinski definition) is 2. The molecule has 0 atom stereocenters. The first kappa shape index (κ1) is 13.2. The Morgan fingerprint density at radius 1 is 1.29 bits per heavy atom. The van der Waals surface area contributed by atoms with Crippen LogP contribution in [0.5, 0.6) is 5.75 Å². The van der Waals surface area contributed by atoms with Crippen LogP contribution in [0, 0.1) is 12.8 Å². The van der Waals surface area contributed by atoms with Crippen molar-refractivity contribution in [3.63, 3.8) is 0 Å². The van der Waals surface area contributed by atoms with Gasteiger partial charge in [0, 0.05) is 23.5 Å². The van der Waals surface area contributed by atoms with E-state index in [9.17, 15) is 4.79 Å². The Morgan fingerprint density at radius 2 is 1.82 bits per heavy atom. The summed E-state index contributed by atoms with van der Waals surface area (Å²) in [6, 6.07) is 3.09. The molecule has 1 aromatic rings. The van der Waals surface area contributed by atoms with Gasteiger partial charge in [0.25, 0.3) is 0 Å². The van der Waals surface area contributed by atoms with E-state index in [2.05, 4.69) is 0 Å². The average Bonchev–Trinajstić information content (AvgIpc) is 2.23. The minimum absolute atomic E-state index is 0.260. The molecule has 5 nitrogen and oxygen atoms in total. The molecule has 0 aromatic heterocycles. The monoisotopic (exact) mass is 238 g/mol. The maximum atomic E-state index is 11.3. The van der Waals surface area contributed by atoms with Gasteiger partial charge in [-0.15, -0.1) is 0 Å². The second-order valence-corrected chi connectivity index (χ2v) is 4.28. The molecule has 0 saturated heterocycles. The normalized spacial score (nSPS) is 10.4. The van der Waals surface area contributed by atoms with Crippen molar-refractivity contribution in [3.05, 3.63) is 17.7 Å². The third-order valence-electron chi connectivity index (χ3n) is 2.20. The van der Waals surface area contributed by atoms with Crippen LogP contribution in [-0.2, 0) is 4.74 Å². The molecule has 0 aliphatic carbocycles. The standard InChI is InChI=1S/C12H18N2O3/c1-7(2)6-16-12(15)17-9-4-10(13)8(3)11(14)5-9/h4-5,7H,6,13-14H2,1-3H3. The molecule has 0 spiro atoms. The number of nitrogens with two attached hydrogens (primary N) is 2. The van der Waals surface area contributed by atoms with Crippen molar-refractivity contribution in [2.75, 3.05) is 18.1 Å². The summed E-state index contributed by atoms with van der Waals surface area (Å²) in [4.78, 5) is 11.3. The lowest BCUT2D eigenvalue weighted by Gasteiger charge is -2.10. The molecule has 17 heavy (non-hydrogen) atoms. The Bertz CT molecular complexity index is 393. The summed E-state index contributed by atoms with van der Waals surface area (Å²) in [5.74, 6) is 0.551. The van der Waals surface area contributed by atoms with Crippen LogP contribution in [0.3, 0.4) is 0 Å². The highest BCUT2D eigenvalue weighted by Crippen LogP contribution is 2.25. The molecule has 0 bridgehead atoms. The zero-order valence-corrected chi connectivity index (χ0v) is 10.3. The first-order chi connectivity index (χ1) is 7.90. The highest BCUT2D eigenvalue weighted by molar-refractivity contribution is 5.69. The fourth-order valence-corrected chi connectivity index (χ4v) is 1.15. The minimum Gasteiger partial charge on any atom is -0.434 e. The number of nitrogen functional groups attached to an aromatic ring is 2. The van der Waals surface area contributed by atoms with Crippen LogP contribution in [0.4, 0.5) is 16.2 Å². The van der Waals surface area contributed by atoms with E-state index in [1.54, 1.807) is 19.1 Å². The van der Waals surface area contributed by atoms with Crippen LogP contribution < -0.4 is 16.2 Å². The van der Waals surface area contributed by atoms with Crippen molar-refractivity contribution in [1.82, 2.24) is 0 Å². The van der Waals surface area contributed by atoms with Gasteiger partial charge in [0.2, 0.25) is 0 Å². The molecule has 4 N–H and O–H groups in total. The SMILES string of the molecule is Cc1c(N)cc(OC(=O)OCC(C)C)cc1N. The second-order valence-electron chi connectivity index (χ2n) is 4.28. The first-order valence-electron chi connectivity index (χ1n) is 5.40. The van der Waals surface area contributed by atoms with Crippen LogP contribution >= 0.6 is 0 Å². The summed E-state index contributed by atoms with van der Waals surface area (Å²) in [5, 5.41) is 0. The third-order valence-corrected chi connectivity index (χ3v) is 2.20. The molecular formula is C12H18N2O3. The zero-order valence-electron chi connectivity index (χ0n) is 10.3. The number of carbonyl (C=O) groups excluding carboxylic acids is 1. The van der Waals surface area contributed by atoms with Crippen molar-refractivity contribution in [2.45, 2.75) is 20.8 Å². The van der Waals surface area contributed by atoms with E-state index in [0.717, 1.165) is 5.56 Å². The highest BCUT2D eigenvalue weighted by atomic mass is 16.7. The number of ether oxygens (including phenoxy) is 2. The van der Waals surface area contributed by atoms with Crippen LogP contribution in [0.1, 0.15) is 19.4 Å². The maximum Gasteiger partial charge on any atom is 0.513 e. The molecule has 0 aliphatic rings. The van der Waals surface area contributed by atoms with E-state index >= 15 is 0 Å². The molecule has 0 radical (unpaired) electrons. The number of hydrogen-bond acceptors (Lipinski definition) is 5. The van der Waals surface area contributed by atoms with Gasteiger partial charge in [0.15, 0.2) is 0 Å². The van der Waals surface area contributed by atoms with Gasteiger partial charge in [-0.1, -0.05) is 13.8 Å². The fraction of sp³-hybridized carbons (Fsp3) is 0.417. The fourth-order valence-electron chi connectivity index (χ4n) is 1.15. The molecule has 0 fully saturated rings. The van der Waals surface area contributed by atoms with Crippen molar-refractivity contribution < 1.29 is 14.3 Å². The first-order valence-corrected chi connectivity index (χ1v) is 5.40. The second kappa shape index (κ2) is 5.43. The molecule has 0 unspecified atom stereocenters. The molecule has 5 heteroatoms. The van der Waals surface area contributed by atoms with E-state index in [-0.39, 0.29) is 5.92 Å². The van der Waals surface area contributed by atoms with E-state index in [1.165, 1.54) is 0 Å². The van der Waals surface area contributed by atoms with Crippen molar-refractivity contribution in [3.8, 4) is 5.75 Å². The minimum atomic E-state index is -0.749. The van der Waals surface area contributed by atoms with Crippen molar-refractivity contribution >= 4 is 17.5 Å². The maximum absolute atomic E-state index is 11.3.